The second-order valence-corrected chi connectivity index (χ2v) is 5.26. The minimum atomic E-state index is 0.168. The third-order valence-electron chi connectivity index (χ3n) is 3.70. The number of amides is 1. The van der Waals surface area contributed by atoms with Gasteiger partial charge in [0.25, 0.3) is 0 Å². The van der Waals surface area contributed by atoms with Gasteiger partial charge >= 0.3 is 0 Å². The zero-order valence-corrected chi connectivity index (χ0v) is 11.3. The second-order valence-electron chi connectivity index (χ2n) is 5.26. The highest BCUT2D eigenvalue weighted by Gasteiger charge is 2.17. The first-order valence-corrected chi connectivity index (χ1v) is 6.68. The molecule has 2 rings (SSSR count). The molecule has 98 valence electrons. The van der Waals surface area contributed by atoms with E-state index in [4.69, 9.17) is 0 Å². The number of carbonyl (C=O) groups is 1. The summed E-state index contributed by atoms with van der Waals surface area (Å²) in [6, 6.07) is 6.34. The molecule has 1 fully saturated rings. The van der Waals surface area contributed by atoms with Gasteiger partial charge in [-0.2, -0.15) is 0 Å². The van der Waals surface area contributed by atoms with Crippen LogP contribution >= 0.6 is 0 Å². The van der Waals surface area contributed by atoms with E-state index in [-0.39, 0.29) is 5.91 Å². The number of rotatable bonds is 4. The van der Waals surface area contributed by atoms with Crippen molar-refractivity contribution in [2.45, 2.75) is 33.2 Å². The molecule has 1 amide bonds. The van der Waals surface area contributed by atoms with Gasteiger partial charge in [-0.3, -0.25) is 4.79 Å². The predicted molar refractivity (Wildman–Crippen MR) is 73.4 cm³/mol. The molecule has 1 atom stereocenters. The van der Waals surface area contributed by atoms with Gasteiger partial charge in [-0.15, -0.1) is 0 Å². The number of aryl methyl sites for hydroxylation is 2. The number of carbonyl (C=O) groups excluding carboxylic acids is 1. The minimum Gasteiger partial charge on any atom is -0.352 e. The van der Waals surface area contributed by atoms with Crippen LogP contribution in [0.1, 0.15) is 29.5 Å². The summed E-state index contributed by atoms with van der Waals surface area (Å²) in [5, 5.41) is 6.29. The van der Waals surface area contributed by atoms with Crippen LogP contribution in [0.5, 0.6) is 0 Å². The van der Waals surface area contributed by atoms with Gasteiger partial charge in [0.2, 0.25) is 5.91 Å². The molecule has 1 unspecified atom stereocenters. The Kier molecular flexibility index (Phi) is 4.37. The van der Waals surface area contributed by atoms with E-state index in [0.717, 1.165) is 19.5 Å². The molecular weight excluding hydrogens is 224 g/mol. The highest BCUT2D eigenvalue weighted by atomic mass is 16.1. The molecule has 1 aromatic rings. The lowest BCUT2D eigenvalue weighted by molar-refractivity contribution is -0.122. The smallest absolute Gasteiger partial charge is 0.220 e. The third-order valence-corrected chi connectivity index (χ3v) is 3.70. The minimum absolute atomic E-state index is 0.168. The normalized spacial score (nSPS) is 18.9. The monoisotopic (exact) mass is 246 g/mol. The quantitative estimate of drug-likeness (QED) is 0.852. The summed E-state index contributed by atoms with van der Waals surface area (Å²) >= 11 is 0. The summed E-state index contributed by atoms with van der Waals surface area (Å²) < 4.78 is 0. The van der Waals surface area contributed by atoms with Crippen molar-refractivity contribution in [2.24, 2.45) is 5.92 Å². The first-order chi connectivity index (χ1) is 8.65. The van der Waals surface area contributed by atoms with Gasteiger partial charge in [0.05, 0.1) is 0 Å². The van der Waals surface area contributed by atoms with Crippen molar-refractivity contribution >= 4 is 5.91 Å². The molecule has 0 radical (unpaired) electrons. The van der Waals surface area contributed by atoms with Crippen LogP contribution in [0.4, 0.5) is 0 Å². The summed E-state index contributed by atoms with van der Waals surface area (Å²) in [5.41, 5.74) is 3.75. The number of hydrogen-bond donors (Lipinski definition) is 2. The average Bonchev–Trinajstić information content (AvgIpc) is 2.83. The Hall–Kier alpha value is -1.35. The zero-order valence-electron chi connectivity index (χ0n) is 11.3. The average molecular weight is 246 g/mol. The van der Waals surface area contributed by atoms with E-state index in [1.54, 1.807) is 0 Å². The maximum atomic E-state index is 11.8. The summed E-state index contributed by atoms with van der Waals surface area (Å²) in [5.74, 6) is 0.687. The first kappa shape index (κ1) is 13.1. The molecule has 0 aliphatic carbocycles. The molecule has 3 nitrogen and oxygen atoms in total. The van der Waals surface area contributed by atoms with Gasteiger partial charge in [0.15, 0.2) is 0 Å². The van der Waals surface area contributed by atoms with Crippen LogP contribution in [0.15, 0.2) is 18.2 Å². The zero-order chi connectivity index (χ0) is 13.0. The van der Waals surface area contributed by atoms with Gasteiger partial charge in [0, 0.05) is 13.0 Å². The largest absolute Gasteiger partial charge is 0.352 e. The second kappa shape index (κ2) is 6.01. The fraction of sp³-hybridized carbons (Fsp3) is 0.533. The Balaban J connectivity index is 1.79. The van der Waals surface area contributed by atoms with Crippen molar-refractivity contribution in [1.82, 2.24) is 10.6 Å². The van der Waals surface area contributed by atoms with Gasteiger partial charge < -0.3 is 10.6 Å². The Morgan fingerprint density at radius 1 is 1.39 bits per heavy atom. The van der Waals surface area contributed by atoms with Gasteiger partial charge in [-0.1, -0.05) is 18.2 Å². The summed E-state index contributed by atoms with van der Waals surface area (Å²) in [4.78, 5) is 11.8. The molecule has 3 heteroatoms. The molecule has 0 aromatic heterocycles. The van der Waals surface area contributed by atoms with E-state index in [2.05, 4.69) is 42.7 Å². The fourth-order valence-corrected chi connectivity index (χ4v) is 2.34. The predicted octanol–water partition coefficient (Wildman–Crippen LogP) is 1.92. The Bertz CT molecular complexity index is 423. The number of hydrogen-bond acceptors (Lipinski definition) is 2. The van der Waals surface area contributed by atoms with Crippen molar-refractivity contribution in [3.63, 3.8) is 0 Å². The van der Waals surface area contributed by atoms with E-state index < -0.39 is 0 Å². The van der Waals surface area contributed by atoms with Crippen molar-refractivity contribution in [2.75, 3.05) is 13.1 Å². The van der Waals surface area contributed by atoms with Crippen molar-refractivity contribution in [1.29, 1.82) is 0 Å². The lowest BCUT2D eigenvalue weighted by Gasteiger charge is -2.10. The molecular formula is C15H22N2O. The van der Waals surface area contributed by atoms with E-state index >= 15 is 0 Å². The molecule has 0 bridgehead atoms. The molecule has 1 aliphatic heterocycles. The summed E-state index contributed by atoms with van der Waals surface area (Å²) in [7, 11) is 0. The van der Waals surface area contributed by atoms with Crippen molar-refractivity contribution in [3.8, 4) is 0 Å². The Morgan fingerprint density at radius 2 is 2.22 bits per heavy atom. The first-order valence-electron chi connectivity index (χ1n) is 6.68. The summed E-state index contributed by atoms with van der Waals surface area (Å²) in [6.07, 6.45) is 1.77. The number of nitrogens with one attached hydrogen (secondary N) is 2. The molecule has 1 aromatic carbocycles. The van der Waals surface area contributed by atoms with Crippen LogP contribution in [0, 0.1) is 19.8 Å². The molecule has 18 heavy (non-hydrogen) atoms. The molecule has 1 aliphatic rings. The number of benzene rings is 1. The molecule has 2 N–H and O–H groups in total. The maximum Gasteiger partial charge on any atom is 0.220 e. The van der Waals surface area contributed by atoms with Crippen LogP contribution in [0.2, 0.25) is 0 Å². The molecule has 0 saturated carbocycles. The third kappa shape index (κ3) is 3.57. The highest BCUT2D eigenvalue weighted by Crippen LogP contribution is 2.12. The standard InChI is InChI=1S/C15H22N2O/c1-11-3-4-13(7-12(11)2)10-17-15(18)8-14-5-6-16-9-14/h3-4,7,14,16H,5-6,8-10H2,1-2H3,(H,17,18). The van der Waals surface area contributed by atoms with Gasteiger partial charge in [0.1, 0.15) is 0 Å². The highest BCUT2D eigenvalue weighted by molar-refractivity contribution is 5.76. The van der Waals surface area contributed by atoms with Crippen LogP contribution in [-0.2, 0) is 11.3 Å². The maximum absolute atomic E-state index is 11.8. The van der Waals surface area contributed by atoms with E-state index in [1.165, 1.54) is 16.7 Å². The van der Waals surface area contributed by atoms with Crippen molar-refractivity contribution < 1.29 is 4.79 Å². The SMILES string of the molecule is Cc1ccc(CNC(=O)CC2CCNC2)cc1C. The Labute approximate surface area is 109 Å². The van der Waals surface area contributed by atoms with Crippen molar-refractivity contribution in [3.05, 3.63) is 34.9 Å². The van der Waals surface area contributed by atoms with E-state index in [1.807, 2.05) is 0 Å². The lowest BCUT2D eigenvalue weighted by Crippen LogP contribution is -2.25. The van der Waals surface area contributed by atoms with Crippen LogP contribution in [-0.4, -0.2) is 19.0 Å². The molecule has 0 spiro atoms. The van der Waals surface area contributed by atoms with Crippen LogP contribution in [0.25, 0.3) is 0 Å². The van der Waals surface area contributed by atoms with Crippen LogP contribution in [0.3, 0.4) is 0 Å². The molecule has 1 heterocycles. The fourth-order valence-electron chi connectivity index (χ4n) is 2.34. The van der Waals surface area contributed by atoms with E-state index in [9.17, 15) is 4.79 Å². The van der Waals surface area contributed by atoms with Crippen LogP contribution < -0.4 is 10.6 Å². The van der Waals surface area contributed by atoms with Gasteiger partial charge in [-0.25, -0.2) is 0 Å². The van der Waals surface area contributed by atoms with Gasteiger partial charge in [-0.05, 0) is 56.0 Å². The summed E-state index contributed by atoms with van der Waals surface area (Å²) in [6.45, 7) is 6.88. The lowest BCUT2D eigenvalue weighted by atomic mass is 10.0. The Morgan fingerprint density at radius 3 is 2.89 bits per heavy atom. The van der Waals surface area contributed by atoms with E-state index in [0.29, 0.717) is 18.9 Å². The topological polar surface area (TPSA) is 41.1 Å². The molecule has 1 saturated heterocycles.